The number of aliphatic hydroxyl groups is 1. The average Bonchev–Trinajstić information content (AvgIpc) is 3.19. The van der Waals surface area contributed by atoms with Crippen LogP contribution in [0.4, 0.5) is 0 Å². The molecule has 0 radical (unpaired) electrons. The van der Waals surface area contributed by atoms with Gasteiger partial charge in [0.15, 0.2) is 0 Å². The molecule has 1 fully saturated rings. The largest absolute Gasteiger partial charge is 0.395 e. The molecule has 33 heavy (non-hydrogen) atoms. The van der Waals surface area contributed by atoms with E-state index in [0.29, 0.717) is 17.2 Å². The number of fused-ring (bicyclic) bond motifs is 1. The van der Waals surface area contributed by atoms with Crippen molar-refractivity contribution < 1.29 is 5.11 Å². The topological polar surface area (TPSA) is 106 Å². The number of likely N-dealkylation sites (tertiary alicyclic amines) is 1. The van der Waals surface area contributed by atoms with Gasteiger partial charge in [0, 0.05) is 40.2 Å². The number of amidine groups is 1. The summed E-state index contributed by atoms with van der Waals surface area (Å²) in [7, 11) is 0. The Bertz CT molecular complexity index is 1200. The van der Waals surface area contributed by atoms with Crippen LogP contribution in [0.2, 0.25) is 0 Å². The highest BCUT2D eigenvalue weighted by Gasteiger charge is 2.36. The lowest BCUT2D eigenvalue weighted by atomic mass is 9.93. The molecule has 1 aliphatic rings. The number of nitrogens with one attached hydrogen (secondary N) is 2. The Morgan fingerprint density at radius 3 is 2.76 bits per heavy atom. The van der Waals surface area contributed by atoms with Crippen molar-refractivity contribution in [2.45, 2.75) is 64.1 Å². The molecule has 1 aromatic heterocycles. The van der Waals surface area contributed by atoms with Crippen molar-refractivity contribution in [3.63, 3.8) is 0 Å². The van der Waals surface area contributed by atoms with E-state index in [1.807, 2.05) is 30.3 Å². The van der Waals surface area contributed by atoms with Crippen LogP contribution in [0, 0.1) is 5.41 Å². The molecule has 0 bridgehead atoms. The van der Waals surface area contributed by atoms with Crippen LogP contribution in [-0.2, 0) is 0 Å². The van der Waals surface area contributed by atoms with Gasteiger partial charge < -0.3 is 15.8 Å². The minimum absolute atomic E-state index is 0.0209. The molecule has 3 unspecified atom stereocenters. The predicted molar refractivity (Wildman–Crippen MR) is 135 cm³/mol. The van der Waals surface area contributed by atoms with Gasteiger partial charge in [-0.3, -0.25) is 15.1 Å². The maximum atomic E-state index is 13.0. The van der Waals surface area contributed by atoms with E-state index >= 15 is 0 Å². The van der Waals surface area contributed by atoms with Gasteiger partial charge in [0.05, 0.1) is 6.61 Å². The Hall–Kier alpha value is -2.96. The van der Waals surface area contributed by atoms with E-state index in [1.165, 1.54) is 5.56 Å². The summed E-state index contributed by atoms with van der Waals surface area (Å²) in [6, 6.07) is 16.1. The molecule has 0 aliphatic carbocycles. The summed E-state index contributed by atoms with van der Waals surface area (Å²) in [5.74, 6) is -0.0209. The molecule has 174 valence electrons. The first-order valence-corrected chi connectivity index (χ1v) is 11.9. The van der Waals surface area contributed by atoms with Crippen molar-refractivity contribution in [3.8, 4) is 11.1 Å². The summed E-state index contributed by atoms with van der Waals surface area (Å²) in [5.41, 5.74) is 9.44. The van der Waals surface area contributed by atoms with Crippen molar-refractivity contribution in [2.75, 3.05) is 6.61 Å². The zero-order valence-electron chi connectivity index (χ0n) is 19.5. The number of aromatic amines is 1. The number of aromatic nitrogens is 1. The van der Waals surface area contributed by atoms with Crippen molar-refractivity contribution >= 4 is 16.7 Å². The second-order valence-corrected chi connectivity index (χ2v) is 9.18. The number of rotatable bonds is 8. The molecule has 6 heteroatoms. The van der Waals surface area contributed by atoms with Crippen molar-refractivity contribution in [1.82, 2.24) is 9.88 Å². The summed E-state index contributed by atoms with van der Waals surface area (Å²) in [5, 5.41) is 18.8. The zero-order valence-corrected chi connectivity index (χ0v) is 19.5. The van der Waals surface area contributed by atoms with Gasteiger partial charge >= 0.3 is 0 Å². The predicted octanol–water partition coefficient (Wildman–Crippen LogP) is 4.56. The van der Waals surface area contributed by atoms with E-state index in [-0.39, 0.29) is 30.1 Å². The number of nitrogen functional groups attached to an aromatic ring is 1. The first-order valence-electron chi connectivity index (χ1n) is 11.9. The Kier molecular flexibility index (Phi) is 6.96. The molecule has 5 N–H and O–H groups in total. The molecule has 0 amide bonds. The van der Waals surface area contributed by atoms with Crippen LogP contribution in [0.15, 0.2) is 53.3 Å². The highest BCUT2D eigenvalue weighted by atomic mass is 16.3. The molecule has 6 nitrogen and oxygen atoms in total. The monoisotopic (exact) mass is 446 g/mol. The van der Waals surface area contributed by atoms with E-state index in [4.69, 9.17) is 11.1 Å². The molecule has 1 aliphatic heterocycles. The summed E-state index contributed by atoms with van der Waals surface area (Å²) in [6.45, 7) is 4.62. The van der Waals surface area contributed by atoms with Crippen LogP contribution < -0.4 is 11.3 Å². The molecule has 0 spiro atoms. The fourth-order valence-electron chi connectivity index (χ4n) is 5.31. The zero-order chi connectivity index (χ0) is 23.5. The van der Waals surface area contributed by atoms with Gasteiger partial charge in [0.2, 0.25) is 0 Å². The normalized spacial score (nSPS) is 19.7. The quantitative estimate of drug-likeness (QED) is 0.301. The standard InChI is InChI=1S/C27H34N4O2/c1-3-4-11-25(31-17(2)12-13-20(31)16-32)21-9-6-10-24-23(21)15-22(27(33)30-24)18-7-5-8-19(14-18)26(28)29/h5-10,14-15,17,20,25,32H,3-4,11-13,16H2,1-2H3,(H3,28,29)(H,30,33). The Morgan fingerprint density at radius 2 is 2.03 bits per heavy atom. The Balaban J connectivity index is 1.88. The van der Waals surface area contributed by atoms with E-state index in [0.717, 1.165) is 48.6 Å². The smallest absolute Gasteiger partial charge is 0.256 e. The molecule has 4 rings (SSSR count). The highest BCUT2D eigenvalue weighted by molar-refractivity contribution is 5.96. The first kappa shape index (κ1) is 23.2. The third-order valence-electron chi connectivity index (χ3n) is 7.01. The number of aliphatic hydroxyl groups excluding tert-OH is 1. The van der Waals surface area contributed by atoms with Gasteiger partial charge in [-0.15, -0.1) is 0 Å². The Labute approximate surface area is 195 Å². The van der Waals surface area contributed by atoms with Gasteiger partial charge in [0.25, 0.3) is 5.56 Å². The SMILES string of the molecule is CCCCC(c1cccc2[nH]c(=O)c(-c3cccc(C(=N)N)c3)cc12)N1C(C)CCC1CO. The maximum absolute atomic E-state index is 13.0. The van der Waals surface area contributed by atoms with Gasteiger partial charge in [0.1, 0.15) is 5.84 Å². The maximum Gasteiger partial charge on any atom is 0.256 e. The summed E-state index contributed by atoms with van der Waals surface area (Å²) in [6.07, 6.45) is 5.29. The van der Waals surface area contributed by atoms with E-state index in [1.54, 1.807) is 12.1 Å². The number of H-pyrrole nitrogens is 1. The molecule has 0 saturated carbocycles. The van der Waals surface area contributed by atoms with Crippen LogP contribution >= 0.6 is 0 Å². The summed E-state index contributed by atoms with van der Waals surface area (Å²) >= 11 is 0. The van der Waals surface area contributed by atoms with Crippen LogP contribution in [0.1, 0.15) is 63.1 Å². The number of nitrogens with two attached hydrogens (primary N) is 1. The summed E-state index contributed by atoms with van der Waals surface area (Å²) < 4.78 is 0. The molecule has 3 atom stereocenters. The van der Waals surface area contributed by atoms with Crippen LogP contribution in [-0.4, -0.2) is 39.5 Å². The Morgan fingerprint density at radius 1 is 1.24 bits per heavy atom. The van der Waals surface area contributed by atoms with E-state index < -0.39 is 0 Å². The lowest BCUT2D eigenvalue weighted by Crippen LogP contribution is -2.40. The number of unbranched alkanes of at least 4 members (excludes halogenated alkanes) is 1. The third kappa shape index (κ3) is 4.59. The van der Waals surface area contributed by atoms with Crippen LogP contribution in [0.3, 0.4) is 0 Å². The van der Waals surface area contributed by atoms with Crippen molar-refractivity contribution in [3.05, 3.63) is 70.0 Å². The van der Waals surface area contributed by atoms with E-state index in [2.05, 4.69) is 29.8 Å². The fraction of sp³-hybridized carbons (Fsp3) is 0.407. The first-order chi connectivity index (χ1) is 15.9. The van der Waals surface area contributed by atoms with Gasteiger partial charge in [-0.1, -0.05) is 50.1 Å². The van der Waals surface area contributed by atoms with Crippen molar-refractivity contribution in [1.29, 1.82) is 5.41 Å². The number of hydrogen-bond acceptors (Lipinski definition) is 4. The molecule has 1 saturated heterocycles. The number of pyridine rings is 1. The van der Waals surface area contributed by atoms with E-state index in [9.17, 15) is 9.90 Å². The van der Waals surface area contributed by atoms with Crippen LogP contribution in [0.25, 0.3) is 22.0 Å². The van der Waals surface area contributed by atoms with Crippen LogP contribution in [0.5, 0.6) is 0 Å². The second-order valence-electron chi connectivity index (χ2n) is 9.18. The molecule has 2 heterocycles. The molecule has 3 aromatic rings. The lowest BCUT2D eigenvalue weighted by molar-refractivity contribution is 0.0852. The number of nitrogens with zero attached hydrogens (tertiary/aromatic N) is 1. The third-order valence-corrected chi connectivity index (χ3v) is 7.01. The molecular weight excluding hydrogens is 412 g/mol. The molecular formula is C27H34N4O2. The second kappa shape index (κ2) is 9.89. The minimum atomic E-state index is -0.159. The highest BCUT2D eigenvalue weighted by Crippen LogP contribution is 2.39. The van der Waals surface area contributed by atoms with Gasteiger partial charge in [-0.05, 0) is 55.5 Å². The summed E-state index contributed by atoms with van der Waals surface area (Å²) in [4.78, 5) is 18.6. The number of benzene rings is 2. The van der Waals surface area contributed by atoms with Gasteiger partial charge in [-0.25, -0.2) is 0 Å². The lowest BCUT2D eigenvalue weighted by Gasteiger charge is -2.36. The fourth-order valence-corrected chi connectivity index (χ4v) is 5.31. The molecule has 2 aromatic carbocycles. The van der Waals surface area contributed by atoms with Gasteiger partial charge in [-0.2, -0.15) is 0 Å². The van der Waals surface area contributed by atoms with Crippen molar-refractivity contribution in [2.24, 2.45) is 5.73 Å². The minimum Gasteiger partial charge on any atom is -0.395 e. The average molecular weight is 447 g/mol. The number of hydrogen-bond donors (Lipinski definition) is 4.